The van der Waals surface area contributed by atoms with Crippen LogP contribution in [0.5, 0.6) is 17.2 Å². The van der Waals surface area contributed by atoms with E-state index in [0.29, 0.717) is 22.4 Å². The molecule has 0 fully saturated rings. The molecule has 2 aromatic rings. The second-order valence-electron chi connectivity index (χ2n) is 3.75. The Morgan fingerprint density at radius 1 is 1.16 bits per heavy atom. The van der Waals surface area contributed by atoms with Gasteiger partial charge >= 0.3 is 0 Å². The van der Waals surface area contributed by atoms with Crippen molar-refractivity contribution in [3.05, 3.63) is 51.5 Å². The largest absolute Gasteiger partial charge is 0.497 e. The van der Waals surface area contributed by atoms with Crippen molar-refractivity contribution in [3.8, 4) is 17.2 Å². The van der Waals surface area contributed by atoms with Crippen molar-refractivity contribution in [3.63, 3.8) is 0 Å². The van der Waals surface area contributed by atoms with Crippen LogP contribution in [-0.2, 0) is 5.88 Å². The van der Waals surface area contributed by atoms with Gasteiger partial charge in [0.2, 0.25) is 0 Å². The minimum absolute atomic E-state index is 0.294. The highest BCUT2D eigenvalue weighted by atomic mass is 79.9. The predicted octanol–water partition coefficient (Wildman–Crippen LogP) is 5.64. The second-order valence-corrected chi connectivity index (χ2v) is 5.28. The molecule has 0 amide bonds. The Morgan fingerprint density at radius 3 is 2.58 bits per heavy atom. The summed E-state index contributed by atoms with van der Waals surface area (Å²) in [6.45, 7) is 0. The lowest BCUT2D eigenvalue weighted by Gasteiger charge is -2.12. The van der Waals surface area contributed by atoms with E-state index >= 15 is 0 Å². The summed E-state index contributed by atoms with van der Waals surface area (Å²) in [6.07, 6.45) is 0. The van der Waals surface area contributed by atoms with Gasteiger partial charge in [0.1, 0.15) is 17.2 Å². The van der Waals surface area contributed by atoms with E-state index < -0.39 is 0 Å². The summed E-state index contributed by atoms with van der Waals surface area (Å²) in [7, 11) is 1.62. The molecule has 2 aromatic carbocycles. The molecule has 0 aliphatic heterocycles. The molecule has 5 heteroatoms. The van der Waals surface area contributed by atoms with Gasteiger partial charge in [-0.3, -0.25) is 0 Å². The summed E-state index contributed by atoms with van der Waals surface area (Å²) < 4.78 is 11.8. The normalized spacial score (nSPS) is 10.3. The van der Waals surface area contributed by atoms with Crippen molar-refractivity contribution in [1.82, 2.24) is 0 Å². The van der Waals surface area contributed by atoms with E-state index in [1.54, 1.807) is 13.2 Å². The van der Waals surface area contributed by atoms with E-state index in [0.717, 1.165) is 15.8 Å². The molecule has 0 N–H and O–H groups in total. The van der Waals surface area contributed by atoms with Gasteiger partial charge in [-0.15, -0.1) is 11.6 Å². The first-order chi connectivity index (χ1) is 9.15. The first kappa shape index (κ1) is 14.5. The van der Waals surface area contributed by atoms with E-state index in [9.17, 15) is 0 Å². The average molecular weight is 362 g/mol. The van der Waals surface area contributed by atoms with E-state index in [1.165, 1.54) is 0 Å². The number of methoxy groups -OCH3 is 1. The molecule has 0 atom stereocenters. The topological polar surface area (TPSA) is 18.5 Å². The van der Waals surface area contributed by atoms with Crippen molar-refractivity contribution in [2.24, 2.45) is 0 Å². The SMILES string of the molecule is COc1ccc(Oc2cccc(Cl)c2CCl)c(Br)c1. The smallest absolute Gasteiger partial charge is 0.141 e. The van der Waals surface area contributed by atoms with Crippen molar-refractivity contribution in [1.29, 1.82) is 0 Å². The maximum Gasteiger partial charge on any atom is 0.141 e. The molecule has 0 bridgehead atoms. The van der Waals surface area contributed by atoms with E-state index in [4.69, 9.17) is 32.7 Å². The fraction of sp³-hybridized carbons (Fsp3) is 0.143. The molecular weight excluding hydrogens is 351 g/mol. The summed E-state index contributed by atoms with van der Waals surface area (Å²) in [4.78, 5) is 0. The van der Waals surface area contributed by atoms with E-state index in [2.05, 4.69) is 15.9 Å². The van der Waals surface area contributed by atoms with Crippen LogP contribution in [0, 0.1) is 0 Å². The first-order valence-corrected chi connectivity index (χ1v) is 7.21. The summed E-state index contributed by atoms with van der Waals surface area (Å²) in [6, 6.07) is 10.9. The van der Waals surface area contributed by atoms with Crippen LogP contribution < -0.4 is 9.47 Å². The van der Waals surface area contributed by atoms with Crippen LogP contribution in [0.25, 0.3) is 0 Å². The zero-order valence-electron chi connectivity index (χ0n) is 10.1. The molecule has 2 nitrogen and oxygen atoms in total. The Balaban J connectivity index is 2.34. The molecule has 0 radical (unpaired) electrons. The minimum Gasteiger partial charge on any atom is -0.497 e. The highest BCUT2D eigenvalue weighted by molar-refractivity contribution is 9.10. The zero-order valence-corrected chi connectivity index (χ0v) is 13.2. The standard InChI is InChI=1S/C14H11BrCl2O2/c1-18-9-5-6-14(11(15)7-9)19-13-4-2-3-12(17)10(13)8-16/h2-7H,8H2,1H3. The summed E-state index contributed by atoms with van der Waals surface area (Å²) in [5, 5.41) is 0.595. The Hall–Kier alpha value is -0.900. The summed E-state index contributed by atoms with van der Waals surface area (Å²) >= 11 is 15.4. The Bertz CT molecular complexity index is 588. The Labute approximate surface area is 130 Å². The molecule has 0 saturated carbocycles. The molecule has 0 aliphatic carbocycles. The van der Waals surface area contributed by atoms with Gasteiger partial charge in [-0.2, -0.15) is 0 Å². The quantitative estimate of drug-likeness (QED) is 0.656. The van der Waals surface area contributed by atoms with Crippen LogP contribution >= 0.6 is 39.1 Å². The Kier molecular flexibility index (Phi) is 4.97. The molecule has 0 spiro atoms. The number of ether oxygens (including phenoxy) is 2. The van der Waals surface area contributed by atoms with Gasteiger partial charge in [-0.25, -0.2) is 0 Å². The molecule has 100 valence electrons. The molecule has 19 heavy (non-hydrogen) atoms. The highest BCUT2D eigenvalue weighted by Crippen LogP contribution is 2.36. The number of benzene rings is 2. The molecular formula is C14H11BrCl2O2. The van der Waals surface area contributed by atoms with Crippen LogP contribution in [0.4, 0.5) is 0 Å². The Morgan fingerprint density at radius 2 is 1.95 bits per heavy atom. The molecule has 0 unspecified atom stereocenters. The average Bonchev–Trinajstić information content (AvgIpc) is 2.41. The van der Waals surface area contributed by atoms with Crippen molar-refractivity contribution in [2.45, 2.75) is 5.88 Å². The van der Waals surface area contributed by atoms with Crippen molar-refractivity contribution >= 4 is 39.1 Å². The third kappa shape index (κ3) is 3.35. The molecule has 0 saturated heterocycles. The predicted molar refractivity (Wildman–Crippen MR) is 81.8 cm³/mol. The van der Waals surface area contributed by atoms with Crippen LogP contribution in [0.15, 0.2) is 40.9 Å². The maximum absolute atomic E-state index is 6.09. The third-order valence-electron chi connectivity index (χ3n) is 2.57. The van der Waals surface area contributed by atoms with Gasteiger partial charge in [0.05, 0.1) is 17.5 Å². The number of alkyl halides is 1. The fourth-order valence-corrected chi connectivity index (χ4v) is 2.59. The van der Waals surface area contributed by atoms with Gasteiger partial charge in [0, 0.05) is 10.6 Å². The molecule has 0 aromatic heterocycles. The highest BCUT2D eigenvalue weighted by Gasteiger charge is 2.10. The van der Waals surface area contributed by atoms with Crippen LogP contribution in [-0.4, -0.2) is 7.11 Å². The van der Waals surface area contributed by atoms with Gasteiger partial charge in [-0.05, 0) is 46.3 Å². The van der Waals surface area contributed by atoms with Gasteiger partial charge < -0.3 is 9.47 Å². The number of hydrogen-bond acceptors (Lipinski definition) is 2. The second kappa shape index (κ2) is 6.51. The molecule has 2 rings (SSSR count). The first-order valence-electron chi connectivity index (χ1n) is 5.50. The van der Waals surface area contributed by atoms with E-state index in [-0.39, 0.29) is 0 Å². The zero-order chi connectivity index (χ0) is 13.8. The van der Waals surface area contributed by atoms with Gasteiger partial charge in [0.15, 0.2) is 0 Å². The summed E-state index contributed by atoms with van der Waals surface area (Å²) in [5.74, 6) is 2.37. The number of halogens is 3. The van der Waals surface area contributed by atoms with Gasteiger partial charge in [0.25, 0.3) is 0 Å². The lowest BCUT2D eigenvalue weighted by Crippen LogP contribution is -1.92. The monoisotopic (exact) mass is 360 g/mol. The number of rotatable bonds is 4. The van der Waals surface area contributed by atoms with Crippen LogP contribution in [0.1, 0.15) is 5.56 Å². The lowest BCUT2D eigenvalue weighted by molar-refractivity contribution is 0.412. The maximum atomic E-state index is 6.09. The van der Waals surface area contributed by atoms with Crippen molar-refractivity contribution in [2.75, 3.05) is 7.11 Å². The minimum atomic E-state index is 0.294. The summed E-state index contributed by atoms with van der Waals surface area (Å²) in [5.41, 5.74) is 0.772. The fourth-order valence-electron chi connectivity index (χ4n) is 1.57. The van der Waals surface area contributed by atoms with Gasteiger partial charge in [-0.1, -0.05) is 17.7 Å². The van der Waals surface area contributed by atoms with Crippen LogP contribution in [0.3, 0.4) is 0 Å². The lowest BCUT2D eigenvalue weighted by atomic mass is 10.2. The van der Waals surface area contributed by atoms with Crippen molar-refractivity contribution < 1.29 is 9.47 Å². The van der Waals surface area contributed by atoms with Crippen LogP contribution in [0.2, 0.25) is 5.02 Å². The third-order valence-corrected chi connectivity index (χ3v) is 3.81. The molecule has 0 heterocycles. The molecule has 0 aliphatic rings. The van der Waals surface area contributed by atoms with E-state index in [1.807, 2.05) is 30.3 Å². The number of hydrogen-bond donors (Lipinski definition) is 0.